The summed E-state index contributed by atoms with van der Waals surface area (Å²) in [4.78, 5) is 12.7. The number of ether oxygens (including phenoxy) is 4. The van der Waals surface area contributed by atoms with Gasteiger partial charge in [0.25, 0.3) is 5.91 Å². The van der Waals surface area contributed by atoms with Crippen molar-refractivity contribution in [2.75, 3.05) is 27.9 Å². The van der Waals surface area contributed by atoms with Crippen LogP contribution in [0.2, 0.25) is 0 Å². The Bertz CT molecular complexity index is 876. The van der Waals surface area contributed by atoms with Crippen molar-refractivity contribution in [3.63, 3.8) is 0 Å². The molecule has 0 fully saturated rings. The van der Waals surface area contributed by atoms with E-state index < -0.39 is 0 Å². The van der Waals surface area contributed by atoms with E-state index in [4.69, 9.17) is 18.9 Å². The van der Waals surface area contributed by atoms with E-state index in [0.29, 0.717) is 29.4 Å². The van der Waals surface area contributed by atoms with Gasteiger partial charge < -0.3 is 24.3 Å². The van der Waals surface area contributed by atoms with Crippen molar-refractivity contribution in [2.45, 2.75) is 38.7 Å². The molecule has 6 heteroatoms. The quantitative estimate of drug-likeness (QED) is 0.802. The van der Waals surface area contributed by atoms with Gasteiger partial charge in [0.05, 0.1) is 27.9 Å². The van der Waals surface area contributed by atoms with Gasteiger partial charge in [-0.15, -0.1) is 0 Å². The van der Waals surface area contributed by atoms with Gasteiger partial charge >= 0.3 is 0 Å². The van der Waals surface area contributed by atoms with Crippen LogP contribution < -0.4 is 24.3 Å². The zero-order valence-corrected chi connectivity index (χ0v) is 17.9. The molecular formula is C23H29NO5. The summed E-state index contributed by atoms with van der Waals surface area (Å²) in [6, 6.07) is 9.61. The fraction of sp³-hybridized carbons (Fsp3) is 0.435. The molecule has 0 spiro atoms. The van der Waals surface area contributed by atoms with Gasteiger partial charge in [-0.1, -0.05) is 32.9 Å². The Labute approximate surface area is 172 Å². The molecule has 0 saturated carbocycles. The number of fused-ring (bicyclic) bond motifs is 1. The van der Waals surface area contributed by atoms with Gasteiger partial charge in [-0.05, 0) is 34.7 Å². The number of hydrogen-bond acceptors (Lipinski definition) is 5. The first-order valence-electron chi connectivity index (χ1n) is 9.65. The average Bonchev–Trinajstić information content (AvgIpc) is 3.12. The number of methoxy groups -OCH3 is 3. The summed E-state index contributed by atoms with van der Waals surface area (Å²) in [7, 11) is 4.57. The molecule has 29 heavy (non-hydrogen) atoms. The van der Waals surface area contributed by atoms with E-state index in [2.05, 4.69) is 38.2 Å². The molecule has 1 aliphatic rings. The number of benzene rings is 2. The molecule has 3 rings (SSSR count). The molecule has 0 radical (unpaired) electrons. The van der Waals surface area contributed by atoms with Crippen LogP contribution in [-0.4, -0.2) is 39.9 Å². The number of carbonyl (C=O) groups is 1. The van der Waals surface area contributed by atoms with E-state index in [9.17, 15) is 4.79 Å². The third kappa shape index (κ3) is 4.42. The van der Waals surface area contributed by atoms with Gasteiger partial charge in [0.15, 0.2) is 11.5 Å². The van der Waals surface area contributed by atoms with Gasteiger partial charge in [-0.3, -0.25) is 4.79 Å². The summed E-state index contributed by atoms with van der Waals surface area (Å²) in [6.45, 7) is 6.99. The molecule has 1 unspecified atom stereocenters. The van der Waals surface area contributed by atoms with Crippen LogP contribution in [0.15, 0.2) is 30.3 Å². The molecule has 0 bridgehead atoms. The zero-order valence-electron chi connectivity index (χ0n) is 17.9. The lowest BCUT2D eigenvalue weighted by atomic mass is 9.86. The topological polar surface area (TPSA) is 66.0 Å². The van der Waals surface area contributed by atoms with Crippen molar-refractivity contribution in [2.24, 2.45) is 0 Å². The maximum absolute atomic E-state index is 12.7. The van der Waals surface area contributed by atoms with Crippen molar-refractivity contribution in [1.29, 1.82) is 0 Å². The van der Waals surface area contributed by atoms with E-state index in [1.165, 1.54) is 32.5 Å². The molecule has 1 atom stereocenters. The van der Waals surface area contributed by atoms with Crippen molar-refractivity contribution in [3.05, 3.63) is 47.0 Å². The maximum atomic E-state index is 12.7. The molecule has 1 N–H and O–H groups in total. The summed E-state index contributed by atoms with van der Waals surface area (Å²) in [5, 5.41) is 2.94. The molecule has 0 saturated heterocycles. The van der Waals surface area contributed by atoms with E-state index in [1.54, 1.807) is 12.1 Å². The Hall–Kier alpha value is -2.89. The second-order valence-corrected chi connectivity index (χ2v) is 8.14. The second-order valence-electron chi connectivity index (χ2n) is 8.14. The first-order valence-corrected chi connectivity index (χ1v) is 9.65. The smallest absolute Gasteiger partial charge is 0.251 e. The predicted molar refractivity (Wildman–Crippen MR) is 112 cm³/mol. The molecule has 2 aromatic carbocycles. The molecule has 1 amide bonds. The highest BCUT2D eigenvalue weighted by Crippen LogP contribution is 2.38. The fourth-order valence-electron chi connectivity index (χ4n) is 3.42. The number of rotatable bonds is 6. The lowest BCUT2D eigenvalue weighted by molar-refractivity contribution is 0.0932. The van der Waals surface area contributed by atoms with Gasteiger partial charge in [0.2, 0.25) is 5.75 Å². The van der Waals surface area contributed by atoms with Crippen LogP contribution in [0.1, 0.15) is 42.3 Å². The highest BCUT2D eigenvalue weighted by Gasteiger charge is 2.26. The summed E-state index contributed by atoms with van der Waals surface area (Å²) < 4.78 is 21.9. The Morgan fingerprint density at radius 1 is 1.07 bits per heavy atom. The summed E-state index contributed by atoms with van der Waals surface area (Å²) in [5.74, 6) is 2.01. The van der Waals surface area contributed by atoms with E-state index in [-0.39, 0.29) is 17.4 Å². The van der Waals surface area contributed by atoms with Gasteiger partial charge in [0, 0.05) is 12.0 Å². The third-order valence-corrected chi connectivity index (χ3v) is 5.08. The van der Waals surface area contributed by atoms with E-state index >= 15 is 0 Å². The molecule has 1 heterocycles. The Kier molecular flexibility index (Phi) is 5.91. The van der Waals surface area contributed by atoms with Crippen LogP contribution in [-0.2, 0) is 11.8 Å². The van der Waals surface area contributed by atoms with Crippen LogP contribution in [0.4, 0.5) is 0 Å². The molecule has 156 valence electrons. The van der Waals surface area contributed by atoms with Crippen molar-refractivity contribution in [1.82, 2.24) is 5.32 Å². The van der Waals surface area contributed by atoms with Gasteiger partial charge in [-0.2, -0.15) is 0 Å². The minimum absolute atomic E-state index is 0.0911. The van der Waals surface area contributed by atoms with Crippen molar-refractivity contribution >= 4 is 5.91 Å². The molecule has 6 nitrogen and oxygen atoms in total. The third-order valence-electron chi connectivity index (χ3n) is 5.08. The second kappa shape index (κ2) is 8.23. The maximum Gasteiger partial charge on any atom is 0.251 e. The standard InChI is InChI=1S/C23H29NO5/c1-23(2,3)16-7-8-18-14(9-16)10-17(29-18)13-24-22(25)15-11-19(26-4)21(28-6)20(12-15)27-5/h7-9,11-12,17H,10,13H2,1-6H3,(H,24,25). The first-order chi connectivity index (χ1) is 13.8. The van der Waals surface area contributed by atoms with Gasteiger partial charge in [0.1, 0.15) is 11.9 Å². The number of amides is 1. The van der Waals surface area contributed by atoms with Crippen LogP contribution in [0.5, 0.6) is 23.0 Å². The average molecular weight is 399 g/mol. The predicted octanol–water partition coefficient (Wildman–Crippen LogP) is 3.74. The van der Waals surface area contributed by atoms with Crippen LogP contribution in [0.25, 0.3) is 0 Å². The molecule has 2 aromatic rings. The largest absolute Gasteiger partial charge is 0.493 e. The highest BCUT2D eigenvalue weighted by molar-refractivity contribution is 5.95. The Morgan fingerprint density at radius 2 is 1.72 bits per heavy atom. The van der Waals surface area contributed by atoms with E-state index in [0.717, 1.165) is 12.2 Å². The number of nitrogens with one attached hydrogen (secondary N) is 1. The van der Waals surface area contributed by atoms with Gasteiger partial charge in [-0.25, -0.2) is 0 Å². The lowest BCUT2D eigenvalue weighted by Crippen LogP contribution is -2.34. The van der Waals surface area contributed by atoms with Crippen molar-refractivity contribution in [3.8, 4) is 23.0 Å². The van der Waals surface area contributed by atoms with Crippen LogP contribution in [0.3, 0.4) is 0 Å². The SMILES string of the molecule is COc1cc(C(=O)NCC2Cc3cc(C(C)(C)C)ccc3O2)cc(OC)c1OC. The van der Waals surface area contributed by atoms with Crippen LogP contribution >= 0.6 is 0 Å². The monoisotopic (exact) mass is 399 g/mol. The Morgan fingerprint density at radius 3 is 2.28 bits per heavy atom. The highest BCUT2D eigenvalue weighted by atomic mass is 16.5. The number of hydrogen-bond donors (Lipinski definition) is 1. The normalized spacial score (nSPS) is 15.3. The molecule has 1 aliphatic heterocycles. The molecular weight excluding hydrogens is 370 g/mol. The van der Waals surface area contributed by atoms with E-state index in [1.807, 2.05) is 6.07 Å². The number of carbonyl (C=O) groups excluding carboxylic acids is 1. The first kappa shape index (κ1) is 20.8. The molecule has 0 aromatic heterocycles. The lowest BCUT2D eigenvalue weighted by Gasteiger charge is -2.19. The summed E-state index contributed by atoms with van der Waals surface area (Å²) in [5.41, 5.74) is 2.99. The minimum Gasteiger partial charge on any atom is -0.493 e. The summed E-state index contributed by atoms with van der Waals surface area (Å²) >= 11 is 0. The molecule has 0 aliphatic carbocycles. The summed E-state index contributed by atoms with van der Waals surface area (Å²) in [6.07, 6.45) is 0.681. The zero-order chi connectivity index (χ0) is 21.2. The Balaban J connectivity index is 1.67. The van der Waals surface area contributed by atoms with Crippen molar-refractivity contribution < 1.29 is 23.7 Å². The minimum atomic E-state index is -0.223. The fourth-order valence-corrected chi connectivity index (χ4v) is 3.42. The van der Waals surface area contributed by atoms with Crippen LogP contribution in [0, 0.1) is 0 Å².